The monoisotopic (exact) mass is 1850 g/mol. The molecule has 15 nitrogen and oxygen atoms in total. The lowest BCUT2D eigenvalue weighted by Crippen LogP contribution is -2.31. The summed E-state index contributed by atoms with van der Waals surface area (Å²) in [4.78, 5) is 24.4. The van der Waals surface area contributed by atoms with Crippen LogP contribution in [0.2, 0.25) is 0 Å². The van der Waals surface area contributed by atoms with Crippen LogP contribution in [0.1, 0.15) is 244 Å². The molecule has 2 fully saturated rings. The smallest absolute Gasteiger partial charge is 0.227 e. The van der Waals surface area contributed by atoms with Crippen LogP contribution in [0.25, 0.3) is 167 Å². The van der Waals surface area contributed by atoms with Crippen molar-refractivity contribution < 1.29 is 44.9 Å². The Morgan fingerprint density at radius 3 is 0.813 bits per heavy atom. The Labute approximate surface area is 819 Å². The molecule has 0 spiro atoms. The van der Waals surface area contributed by atoms with Crippen LogP contribution >= 0.6 is 0 Å². The summed E-state index contributed by atoms with van der Waals surface area (Å²) in [6, 6.07) is 65.6. The zero-order valence-corrected chi connectivity index (χ0v) is 86.3. The summed E-state index contributed by atoms with van der Waals surface area (Å²) in [5.74, 6) is 1.76. The van der Waals surface area contributed by atoms with E-state index in [0.717, 1.165) is 206 Å². The molecule has 0 atom stereocenters. The molecule has 710 valence electrons. The molecule has 0 unspecified atom stereocenters. The van der Waals surface area contributed by atoms with Crippen molar-refractivity contribution in [1.29, 1.82) is 0 Å². The van der Waals surface area contributed by atoms with E-state index in [1.54, 1.807) is 0 Å². The van der Waals surface area contributed by atoms with Gasteiger partial charge in [-0.15, -0.1) is 0 Å². The average molecular weight is 1850 g/mol. The second-order valence-corrected chi connectivity index (χ2v) is 42.1. The summed E-state index contributed by atoms with van der Waals surface area (Å²) in [6.07, 6.45) is 29.7. The predicted molar refractivity (Wildman–Crippen MR) is 569 cm³/mol. The normalized spacial score (nSPS) is 13.4. The first-order valence-electron chi connectivity index (χ1n) is 50.9. The molecule has 22 rings (SSSR count). The van der Waals surface area contributed by atoms with E-state index in [9.17, 15) is 0 Å². The third-order valence-electron chi connectivity index (χ3n) is 28.9. The second kappa shape index (κ2) is 39.8. The summed E-state index contributed by atoms with van der Waals surface area (Å²) >= 11 is 0. The molecule has 20 aromatic rings. The van der Waals surface area contributed by atoms with Gasteiger partial charge in [-0.2, -0.15) is 0 Å². The van der Waals surface area contributed by atoms with Crippen LogP contribution in [-0.2, 0) is 85.6 Å². The van der Waals surface area contributed by atoms with E-state index in [0.29, 0.717) is 17.8 Å². The Kier molecular flexibility index (Phi) is 27.5. The van der Waals surface area contributed by atoms with Crippen molar-refractivity contribution in [3.05, 3.63) is 297 Å². The van der Waals surface area contributed by atoms with E-state index in [1.165, 1.54) is 147 Å². The highest BCUT2D eigenvalue weighted by Gasteiger charge is 2.31. The van der Waals surface area contributed by atoms with Gasteiger partial charge in [0.25, 0.3) is 0 Å². The minimum atomic E-state index is -0.00562. The molecule has 0 aliphatic heterocycles. The summed E-state index contributed by atoms with van der Waals surface area (Å²) in [5.41, 5.74) is 38.6. The van der Waals surface area contributed by atoms with Crippen molar-refractivity contribution in [2.45, 2.75) is 245 Å². The molecule has 139 heavy (non-hydrogen) atoms. The van der Waals surface area contributed by atoms with Crippen LogP contribution in [0.4, 0.5) is 0 Å². The molecule has 2 saturated carbocycles. The lowest BCUT2D eigenvalue weighted by atomic mass is 9.86. The van der Waals surface area contributed by atoms with Gasteiger partial charge in [-0.3, -0.25) is 0 Å². The van der Waals surface area contributed by atoms with Crippen LogP contribution in [0, 0.1) is 46.0 Å². The number of hydrogen-bond acceptors (Lipinski definition) is 10. The first kappa shape index (κ1) is 95.9. The molecule has 0 N–H and O–H groups in total. The quantitative estimate of drug-likeness (QED) is 0.0908. The van der Waals surface area contributed by atoms with Gasteiger partial charge in [-0.25, -0.2) is 47.8 Å². The van der Waals surface area contributed by atoms with Crippen LogP contribution in [0.15, 0.2) is 235 Å². The lowest BCUT2D eigenvalue weighted by molar-refractivity contribution is -0.660. The van der Waals surface area contributed by atoms with Crippen molar-refractivity contribution in [3.8, 4) is 56.3 Å². The zero-order valence-electron chi connectivity index (χ0n) is 86.3. The fourth-order valence-electron chi connectivity index (χ4n) is 21.1. The molecule has 5 aromatic carbocycles. The van der Waals surface area contributed by atoms with Crippen LogP contribution in [-0.4, -0.2) is 24.9 Å². The molecule has 15 aromatic heterocycles. The van der Waals surface area contributed by atoms with Gasteiger partial charge in [0.15, 0.2) is 58.9 Å². The number of fused-ring (bicyclic) bond motifs is 15. The minimum absolute atomic E-state index is 0.00562. The predicted octanol–water partition coefficient (Wildman–Crippen LogP) is 29.5. The highest BCUT2D eigenvalue weighted by Crippen LogP contribution is 2.46. The third-order valence-corrected chi connectivity index (χ3v) is 28.9. The summed E-state index contributed by atoms with van der Waals surface area (Å²) in [7, 11) is 10.6. The maximum atomic E-state index is 6.44. The van der Waals surface area contributed by atoms with Gasteiger partial charge >= 0.3 is 0 Å². The highest BCUT2D eigenvalue weighted by molar-refractivity contribution is 6.13. The zero-order chi connectivity index (χ0) is 97.7. The molecule has 0 radical (unpaired) electrons. The van der Waals surface area contributed by atoms with Gasteiger partial charge in [0.1, 0.15) is 35.2 Å². The maximum Gasteiger partial charge on any atom is 0.227 e. The minimum Gasteiger partial charge on any atom is -0.437 e. The van der Waals surface area contributed by atoms with Gasteiger partial charge in [0, 0.05) is 158 Å². The number of pyridine rings is 10. The first-order chi connectivity index (χ1) is 66.8. The number of aromatic nitrogens is 10. The molecule has 2 aliphatic carbocycles. The topological polar surface area (TPSA) is 150 Å². The van der Waals surface area contributed by atoms with Crippen molar-refractivity contribution >= 4 is 110 Å². The largest absolute Gasteiger partial charge is 0.437 e. The molecule has 15 heteroatoms. The van der Waals surface area contributed by atoms with Gasteiger partial charge in [-0.1, -0.05) is 183 Å². The van der Waals surface area contributed by atoms with E-state index < -0.39 is 0 Å². The molecule has 0 saturated heterocycles. The molecule has 2 aliphatic rings. The molecule has 0 amide bonds. The van der Waals surface area contributed by atoms with Gasteiger partial charge < -0.3 is 22.1 Å². The molecule has 15 heterocycles. The van der Waals surface area contributed by atoms with Gasteiger partial charge in [0.05, 0.1) is 27.8 Å². The number of benzene rings is 5. The van der Waals surface area contributed by atoms with Crippen molar-refractivity contribution in [2.75, 3.05) is 0 Å². The van der Waals surface area contributed by atoms with Gasteiger partial charge in [-0.05, 0) is 235 Å². The Bertz CT molecular complexity index is 8040. The summed E-state index contributed by atoms with van der Waals surface area (Å²) < 4.78 is 42.9. The van der Waals surface area contributed by atoms with E-state index in [4.69, 9.17) is 47.0 Å². The first-order valence-corrected chi connectivity index (χ1v) is 50.9. The second-order valence-electron chi connectivity index (χ2n) is 42.1. The Balaban J connectivity index is 0.000000115. The van der Waals surface area contributed by atoms with E-state index >= 15 is 0 Å². The number of hydrogen-bond donors (Lipinski definition) is 0. The Morgan fingerprint density at radius 1 is 0.288 bits per heavy atom. The fraction of sp³-hybridized carbons (Fsp3) is 0.355. The van der Waals surface area contributed by atoms with E-state index in [2.05, 4.69) is 396 Å². The highest BCUT2D eigenvalue weighted by atomic mass is 16.4. The standard InChI is InChI=1S/C26H29N2O.C25H27N2O.C25H29N2O.2C24H27N2O/c1-4-18-11-15-23(28(3)16-18)24-17(2)10-12-20-21-13-14-22(19-8-6-5-7-9-19)27-26(21)29-25(20)24;1-4-17-10-14-22(27(3)15-17)23-16(2)9-11-19-20-12-13-21(18-7-5-6-8-18)26-25(20)28-24(19)23;1-7-17-9-13-21(27(6)15-17)22-16(2)8-11-19-20-12-10-18(14-25(3,4)5)26-24(20)28-23(19)22;1-7-16-9-12-19(26(6)14-16)21-15(2)8-10-17-18-11-13-20(24(3,4)5)25-23(18)27-22(17)21;1-6-17-8-12-21(26(5)14-17)22-16(4)7-10-19-20-11-9-18(13-15(2)3)25-24(20)27-23(19)22/h10-16,19H,4-9H2,1-3H3;9-15,18H,4-8H2,1-3H3;8-13,15H,7,14H2,1-6H3;8-14H,7H2,1-6H3;7-12,14-15H,6,13H2,1-5H3/q5*+1. The molecule has 0 bridgehead atoms. The fourth-order valence-corrected chi connectivity index (χ4v) is 21.1. The van der Waals surface area contributed by atoms with Crippen molar-refractivity contribution in [3.63, 3.8) is 0 Å². The number of aryl methyl sites for hydroxylation is 15. The van der Waals surface area contributed by atoms with E-state index in [-0.39, 0.29) is 10.8 Å². The number of furan rings is 5. The Hall–Kier alpha value is -13.4. The third kappa shape index (κ3) is 19.5. The molecular weight excluding hydrogens is 1710 g/mol. The van der Waals surface area contributed by atoms with Crippen LogP contribution in [0.5, 0.6) is 0 Å². The Morgan fingerprint density at radius 2 is 0.540 bits per heavy atom. The SMILES string of the molecule is CCc1ccc(-c2c(C)ccc3c2oc2nc(C(C)(C)C)ccc23)[n+](C)c1.CCc1ccc(-c2c(C)ccc3c2oc2nc(C4CCCC4)ccc23)[n+](C)c1.CCc1ccc(-c2c(C)ccc3c2oc2nc(C4CCCCC4)ccc23)[n+](C)c1.CCc1ccc(-c2c(C)ccc3c2oc2nc(CC(C)(C)C)ccc23)[n+](C)c1.CCc1ccc(-c2c(C)ccc3c2oc2nc(CC(C)C)ccc23)[n+](C)c1. The average Bonchev–Trinajstić information content (AvgIpc) is 1.62. The molecular formula is C124H139N10O5+5. The van der Waals surface area contributed by atoms with E-state index in [1.807, 2.05) is 0 Å². The number of rotatable bonds is 15. The maximum absolute atomic E-state index is 6.44. The van der Waals surface area contributed by atoms with Crippen LogP contribution in [0.3, 0.4) is 0 Å². The lowest BCUT2D eigenvalue weighted by Gasteiger charge is -2.20. The summed E-state index contributed by atoms with van der Waals surface area (Å²) in [5, 5.41) is 11.2. The van der Waals surface area contributed by atoms with Crippen molar-refractivity contribution in [1.82, 2.24) is 24.9 Å². The van der Waals surface area contributed by atoms with Crippen molar-refractivity contribution in [2.24, 2.45) is 46.6 Å². The van der Waals surface area contributed by atoms with Gasteiger partial charge in [0.2, 0.25) is 57.0 Å². The number of nitrogens with zero attached hydrogens (tertiary/aromatic N) is 10. The van der Waals surface area contributed by atoms with Crippen LogP contribution < -0.4 is 22.8 Å². The summed E-state index contributed by atoms with van der Waals surface area (Å²) in [6.45, 7) is 39.3.